The number of ether oxygens (including phenoxy) is 1. The van der Waals surface area contributed by atoms with E-state index >= 15 is 0 Å². The zero-order valence-electron chi connectivity index (χ0n) is 34.0. The van der Waals surface area contributed by atoms with E-state index in [4.69, 9.17) is 17.0 Å². The van der Waals surface area contributed by atoms with Crippen molar-refractivity contribution in [3.8, 4) is 6.07 Å². The monoisotopic (exact) mass is 890 g/mol. The summed E-state index contributed by atoms with van der Waals surface area (Å²) < 4.78 is 92.1. The number of para-hydroxylation sites is 1. The van der Waals surface area contributed by atoms with Gasteiger partial charge in [0.1, 0.15) is 11.6 Å². The molecule has 1 aliphatic carbocycles. The van der Waals surface area contributed by atoms with Crippen LogP contribution in [0.25, 0.3) is 10.9 Å². The minimum atomic E-state index is -4.82. The summed E-state index contributed by atoms with van der Waals surface area (Å²) in [6, 6.07) is 6.70. The van der Waals surface area contributed by atoms with Crippen LogP contribution in [0.1, 0.15) is 57.1 Å². The molecule has 2 N–H and O–H groups in total. The molecule has 4 fully saturated rings. The zero-order chi connectivity index (χ0) is 44.9. The lowest BCUT2D eigenvalue weighted by Gasteiger charge is -2.42. The highest BCUT2D eigenvalue weighted by Crippen LogP contribution is 2.41. The molecular formula is C40H44F6N10O5S. The maximum atomic E-state index is 14.4. The van der Waals surface area contributed by atoms with Gasteiger partial charge in [0.2, 0.25) is 11.8 Å². The van der Waals surface area contributed by atoms with Crippen molar-refractivity contribution in [1.29, 1.82) is 5.26 Å². The molecule has 2 aromatic carbocycles. The summed E-state index contributed by atoms with van der Waals surface area (Å²) >= 11 is 5.68. The van der Waals surface area contributed by atoms with E-state index in [1.54, 1.807) is 48.9 Å². The van der Waals surface area contributed by atoms with Gasteiger partial charge in [-0.15, -0.1) is 0 Å². The molecule has 4 aliphatic rings. The Hall–Kier alpha value is -5.37. The first-order chi connectivity index (χ1) is 29.2. The lowest BCUT2D eigenvalue weighted by atomic mass is 9.89. The predicted octanol–water partition coefficient (Wildman–Crippen LogP) is 5.14. The average molecular weight is 891 g/mol. The Morgan fingerprint density at radius 1 is 1.05 bits per heavy atom. The average Bonchev–Trinajstić information content (AvgIpc) is 3.63. The molecule has 0 bridgehead atoms. The van der Waals surface area contributed by atoms with Crippen molar-refractivity contribution < 1.29 is 50.3 Å². The van der Waals surface area contributed by atoms with Crippen LogP contribution in [0.3, 0.4) is 0 Å². The first-order valence-corrected chi connectivity index (χ1v) is 20.4. The van der Waals surface area contributed by atoms with E-state index < -0.39 is 65.4 Å². The van der Waals surface area contributed by atoms with E-state index in [0.29, 0.717) is 42.3 Å². The molecule has 1 aromatic heterocycles. The van der Waals surface area contributed by atoms with Crippen LogP contribution in [0.4, 0.5) is 48.3 Å². The second-order valence-electron chi connectivity index (χ2n) is 16.3. The summed E-state index contributed by atoms with van der Waals surface area (Å²) in [6.07, 6.45) is -7.39. The fourth-order valence-electron chi connectivity index (χ4n) is 8.81. The van der Waals surface area contributed by atoms with Gasteiger partial charge in [0.25, 0.3) is 5.91 Å². The molecule has 3 aliphatic heterocycles. The molecule has 0 radical (unpaired) electrons. The number of carbonyl (C=O) groups excluding carboxylic acids is 4. The number of aromatic nitrogens is 2. The molecule has 4 heterocycles. The molecule has 62 heavy (non-hydrogen) atoms. The van der Waals surface area contributed by atoms with Crippen molar-refractivity contribution in [1.82, 2.24) is 29.8 Å². The van der Waals surface area contributed by atoms with Gasteiger partial charge in [-0.25, -0.2) is 4.79 Å². The van der Waals surface area contributed by atoms with Gasteiger partial charge in [-0.3, -0.25) is 44.0 Å². The second kappa shape index (κ2) is 17.1. The number of amides is 5. The Labute approximate surface area is 357 Å². The fraction of sp³-hybridized carbons (Fsp3) is 0.525. The second-order valence-corrected chi connectivity index (χ2v) is 16.6. The molecule has 332 valence electrons. The van der Waals surface area contributed by atoms with Crippen LogP contribution in [0.15, 0.2) is 36.4 Å². The van der Waals surface area contributed by atoms with E-state index in [0.717, 1.165) is 21.9 Å². The molecule has 3 aromatic rings. The zero-order valence-corrected chi connectivity index (χ0v) is 34.8. The number of nitriles is 1. The Bertz CT molecular complexity index is 2320. The molecule has 22 heteroatoms. The van der Waals surface area contributed by atoms with Crippen molar-refractivity contribution in [2.45, 2.75) is 82.0 Å². The third-order valence-corrected chi connectivity index (χ3v) is 12.3. The Balaban J connectivity index is 0.910. The quantitative estimate of drug-likeness (QED) is 0.205. The van der Waals surface area contributed by atoms with Gasteiger partial charge >= 0.3 is 18.4 Å². The van der Waals surface area contributed by atoms with Gasteiger partial charge in [-0.2, -0.15) is 36.7 Å². The summed E-state index contributed by atoms with van der Waals surface area (Å²) in [5.74, 6) is -1.30. The number of halogens is 6. The van der Waals surface area contributed by atoms with Crippen molar-refractivity contribution >= 4 is 69.2 Å². The summed E-state index contributed by atoms with van der Waals surface area (Å²) in [5, 5.41) is 19.2. The summed E-state index contributed by atoms with van der Waals surface area (Å²) in [4.78, 5) is 58.0. The number of nitrogens with zero attached hydrogens (tertiary/aromatic N) is 8. The molecule has 1 atom stereocenters. The lowest BCUT2D eigenvalue weighted by Crippen LogP contribution is -2.60. The van der Waals surface area contributed by atoms with Crippen LogP contribution in [0, 0.1) is 11.3 Å². The maximum absolute atomic E-state index is 14.4. The highest BCUT2D eigenvalue weighted by molar-refractivity contribution is 7.80. The van der Waals surface area contributed by atoms with Crippen molar-refractivity contribution in [3.05, 3.63) is 47.5 Å². The maximum Gasteiger partial charge on any atom is 0.417 e. The number of nitrogens with one attached hydrogen (secondary N) is 2. The third-order valence-electron chi connectivity index (χ3n) is 11.9. The summed E-state index contributed by atoms with van der Waals surface area (Å²) in [6.45, 7) is 3.12. The predicted molar refractivity (Wildman–Crippen MR) is 217 cm³/mol. The standard InChI is InChI=1S/C40H44F6N10O5S/c1-38(2)35(59)55(25-8-7-23(20-47)28(19-25)39(41,42)43)37(62)56(38)24-9-11-26(12-10-24)61-18-17-52-15-16-53(30(21-52)40(44,45)46)22-32(58)48-29-6-4-5-27-33(29)51(3)50-34(27)54-14-13-31(57)49-36(54)60/h4-8,19,24,26,30H,9-18,21-22H2,1-3H3,(H,48,58)(H,49,57,60)/t24-,26-,30-/m0/s1. The van der Waals surface area contributed by atoms with Crippen LogP contribution in [0.5, 0.6) is 0 Å². The minimum Gasteiger partial charge on any atom is -0.377 e. The van der Waals surface area contributed by atoms with E-state index in [1.165, 1.54) is 21.7 Å². The number of hydrogen-bond donors (Lipinski definition) is 2. The number of anilines is 3. The molecule has 15 nitrogen and oxygen atoms in total. The van der Waals surface area contributed by atoms with E-state index in [2.05, 4.69) is 15.7 Å². The van der Waals surface area contributed by atoms with Crippen molar-refractivity contribution in [2.24, 2.45) is 7.05 Å². The number of carbonyl (C=O) groups is 4. The number of thiocarbonyl (C=S) groups is 1. The molecule has 0 unspecified atom stereocenters. The molecule has 5 amide bonds. The van der Waals surface area contributed by atoms with Gasteiger partial charge in [0.05, 0.1) is 53.3 Å². The number of urea groups is 1. The Morgan fingerprint density at radius 2 is 1.77 bits per heavy atom. The normalized spacial score (nSPS) is 23.0. The molecule has 7 rings (SSSR count). The van der Waals surface area contributed by atoms with E-state index in [9.17, 15) is 50.8 Å². The van der Waals surface area contributed by atoms with Gasteiger partial charge in [0.15, 0.2) is 10.9 Å². The van der Waals surface area contributed by atoms with Gasteiger partial charge in [0, 0.05) is 57.6 Å². The number of imide groups is 1. The van der Waals surface area contributed by atoms with E-state index in [1.807, 2.05) is 0 Å². The van der Waals surface area contributed by atoms with Crippen molar-refractivity contribution in [3.63, 3.8) is 0 Å². The SMILES string of the molecule is Cn1nc(N2CCC(=O)NC2=O)c2cccc(NC(=O)CN3CCN(CCO[C@H]4CC[C@H](N5C(=S)N(c6ccc(C#N)c(C(F)(F)F)c6)C(=O)C5(C)C)CC4)C[C@H]3C(F)(F)F)c21. The highest BCUT2D eigenvalue weighted by atomic mass is 32.1. The Kier molecular flexibility index (Phi) is 12.3. The Morgan fingerprint density at radius 3 is 2.44 bits per heavy atom. The number of hydrogen-bond acceptors (Lipinski definition) is 10. The number of fused-ring (bicyclic) bond motifs is 1. The first-order valence-electron chi connectivity index (χ1n) is 20.0. The van der Waals surface area contributed by atoms with E-state index in [-0.39, 0.29) is 74.5 Å². The highest BCUT2D eigenvalue weighted by Gasteiger charge is 2.53. The first kappa shape index (κ1) is 44.7. The number of alkyl halides is 6. The van der Waals surface area contributed by atoms with Crippen LogP contribution in [0.2, 0.25) is 0 Å². The smallest absolute Gasteiger partial charge is 0.377 e. The number of piperazine rings is 1. The summed E-state index contributed by atoms with van der Waals surface area (Å²) in [7, 11) is 1.60. The molecular weight excluding hydrogens is 847 g/mol. The van der Waals surface area contributed by atoms with Crippen LogP contribution in [-0.2, 0) is 32.3 Å². The third kappa shape index (κ3) is 8.80. The van der Waals surface area contributed by atoms with Crippen LogP contribution in [-0.4, -0.2) is 129 Å². The molecule has 1 saturated carbocycles. The minimum absolute atomic E-state index is 0.0349. The number of rotatable bonds is 10. The van der Waals surface area contributed by atoms with Crippen LogP contribution < -0.4 is 20.4 Å². The molecule has 3 saturated heterocycles. The van der Waals surface area contributed by atoms with Crippen molar-refractivity contribution in [2.75, 3.05) is 61.0 Å². The topological polar surface area (TPSA) is 159 Å². The number of aryl methyl sites for hydroxylation is 1. The summed E-state index contributed by atoms with van der Waals surface area (Å²) in [5.41, 5.74) is -2.26. The lowest BCUT2D eigenvalue weighted by molar-refractivity contribution is -0.197. The fourth-order valence-corrected chi connectivity index (χ4v) is 9.38. The van der Waals surface area contributed by atoms with Crippen LogP contribution >= 0.6 is 12.2 Å². The number of benzene rings is 2. The van der Waals surface area contributed by atoms with Gasteiger partial charge in [-0.05, 0) is 82.1 Å². The molecule has 0 spiro atoms. The largest absolute Gasteiger partial charge is 0.417 e. The van der Waals surface area contributed by atoms with Gasteiger partial charge in [-0.1, -0.05) is 6.07 Å². The van der Waals surface area contributed by atoms with Gasteiger partial charge < -0.3 is 15.0 Å².